The van der Waals surface area contributed by atoms with E-state index in [1.54, 1.807) is 7.11 Å². The maximum atomic E-state index is 11.2. The molecule has 0 aromatic carbocycles. The lowest BCUT2D eigenvalue weighted by atomic mass is 10.1. The summed E-state index contributed by atoms with van der Waals surface area (Å²) in [5.74, 6) is 0.137. The van der Waals surface area contributed by atoms with E-state index in [2.05, 4.69) is 12.2 Å². The SMILES string of the molecule is CCCC(=O)NC(CCC)COC. The van der Waals surface area contributed by atoms with Gasteiger partial charge in [-0.1, -0.05) is 20.3 Å². The molecule has 78 valence electrons. The zero-order chi connectivity index (χ0) is 10.1. The first-order chi connectivity index (χ1) is 6.24. The van der Waals surface area contributed by atoms with Crippen molar-refractivity contribution in [3.05, 3.63) is 0 Å². The molecule has 0 aliphatic heterocycles. The summed E-state index contributed by atoms with van der Waals surface area (Å²) < 4.78 is 5.02. The third kappa shape index (κ3) is 6.58. The van der Waals surface area contributed by atoms with E-state index in [1.165, 1.54) is 0 Å². The second-order valence-corrected chi connectivity index (χ2v) is 3.26. The van der Waals surface area contributed by atoms with Crippen molar-refractivity contribution in [3.63, 3.8) is 0 Å². The summed E-state index contributed by atoms with van der Waals surface area (Å²) in [6.07, 6.45) is 3.57. The van der Waals surface area contributed by atoms with E-state index >= 15 is 0 Å². The normalized spacial score (nSPS) is 12.5. The van der Waals surface area contributed by atoms with Crippen molar-refractivity contribution in [2.75, 3.05) is 13.7 Å². The number of hydrogen-bond acceptors (Lipinski definition) is 2. The molecule has 0 fully saturated rings. The minimum atomic E-state index is 0.137. The van der Waals surface area contributed by atoms with Crippen LogP contribution in [0.5, 0.6) is 0 Å². The van der Waals surface area contributed by atoms with Gasteiger partial charge in [-0.2, -0.15) is 0 Å². The largest absolute Gasteiger partial charge is 0.383 e. The molecule has 13 heavy (non-hydrogen) atoms. The van der Waals surface area contributed by atoms with Crippen LogP contribution in [-0.2, 0) is 9.53 Å². The molecule has 1 atom stereocenters. The second-order valence-electron chi connectivity index (χ2n) is 3.26. The van der Waals surface area contributed by atoms with E-state index < -0.39 is 0 Å². The Kier molecular flexibility index (Phi) is 7.69. The monoisotopic (exact) mass is 187 g/mol. The molecule has 0 aromatic rings. The summed E-state index contributed by atoms with van der Waals surface area (Å²) in [6, 6.07) is 0.189. The Hall–Kier alpha value is -0.570. The van der Waals surface area contributed by atoms with Gasteiger partial charge >= 0.3 is 0 Å². The van der Waals surface area contributed by atoms with E-state index in [4.69, 9.17) is 4.74 Å². The molecule has 0 aliphatic carbocycles. The van der Waals surface area contributed by atoms with Crippen LogP contribution in [0.25, 0.3) is 0 Å². The lowest BCUT2D eigenvalue weighted by molar-refractivity contribution is -0.122. The summed E-state index contributed by atoms with van der Waals surface area (Å²) in [4.78, 5) is 11.2. The van der Waals surface area contributed by atoms with Gasteiger partial charge in [0.15, 0.2) is 0 Å². The van der Waals surface area contributed by atoms with Crippen molar-refractivity contribution in [1.82, 2.24) is 5.32 Å². The van der Waals surface area contributed by atoms with Gasteiger partial charge < -0.3 is 10.1 Å². The van der Waals surface area contributed by atoms with Crippen molar-refractivity contribution in [2.45, 2.75) is 45.6 Å². The van der Waals surface area contributed by atoms with Crippen LogP contribution < -0.4 is 5.32 Å². The third-order valence-electron chi connectivity index (χ3n) is 1.85. The van der Waals surface area contributed by atoms with Crippen LogP contribution in [0, 0.1) is 0 Å². The quantitative estimate of drug-likeness (QED) is 0.659. The van der Waals surface area contributed by atoms with Gasteiger partial charge in [0.2, 0.25) is 5.91 Å². The highest BCUT2D eigenvalue weighted by atomic mass is 16.5. The van der Waals surface area contributed by atoms with Crippen LogP contribution in [0.1, 0.15) is 39.5 Å². The van der Waals surface area contributed by atoms with Crippen LogP contribution in [0.2, 0.25) is 0 Å². The fourth-order valence-corrected chi connectivity index (χ4v) is 1.27. The Bertz CT molecular complexity index is 131. The second kappa shape index (κ2) is 8.05. The van der Waals surface area contributed by atoms with Crippen LogP contribution in [-0.4, -0.2) is 25.7 Å². The van der Waals surface area contributed by atoms with Gasteiger partial charge in [-0.3, -0.25) is 4.79 Å². The smallest absolute Gasteiger partial charge is 0.220 e. The number of hydrogen-bond donors (Lipinski definition) is 1. The molecule has 0 rings (SSSR count). The predicted molar refractivity (Wildman–Crippen MR) is 53.6 cm³/mol. The van der Waals surface area contributed by atoms with E-state index in [0.717, 1.165) is 19.3 Å². The molecule has 0 bridgehead atoms. The first-order valence-corrected chi connectivity index (χ1v) is 5.02. The minimum absolute atomic E-state index is 0.137. The van der Waals surface area contributed by atoms with Gasteiger partial charge in [0.25, 0.3) is 0 Å². The Balaban J connectivity index is 3.71. The van der Waals surface area contributed by atoms with Gasteiger partial charge in [0.05, 0.1) is 12.6 Å². The summed E-state index contributed by atoms with van der Waals surface area (Å²) in [6.45, 7) is 4.72. The molecule has 3 nitrogen and oxygen atoms in total. The predicted octanol–water partition coefficient (Wildman–Crippen LogP) is 1.72. The van der Waals surface area contributed by atoms with Gasteiger partial charge in [-0.15, -0.1) is 0 Å². The molecule has 0 radical (unpaired) electrons. The summed E-state index contributed by atoms with van der Waals surface area (Å²) in [5.41, 5.74) is 0. The van der Waals surface area contributed by atoms with Crippen LogP contribution >= 0.6 is 0 Å². The highest BCUT2D eigenvalue weighted by Crippen LogP contribution is 1.98. The molecular weight excluding hydrogens is 166 g/mol. The zero-order valence-electron chi connectivity index (χ0n) is 8.93. The maximum Gasteiger partial charge on any atom is 0.220 e. The van der Waals surface area contributed by atoms with Crippen LogP contribution in [0.4, 0.5) is 0 Å². The number of amides is 1. The molecule has 0 aromatic heterocycles. The molecule has 1 N–H and O–H groups in total. The van der Waals surface area contributed by atoms with Gasteiger partial charge in [0.1, 0.15) is 0 Å². The fourth-order valence-electron chi connectivity index (χ4n) is 1.27. The highest BCUT2D eigenvalue weighted by molar-refractivity contribution is 5.76. The topological polar surface area (TPSA) is 38.3 Å². The average Bonchev–Trinajstić information content (AvgIpc) is 2.05. The number of ether oxygens (including phenoxy) is 1. The molecule has 0 aliphatic rings. The molecule has 1 amide bonds. The van der Waals surface area contributed by atoms with Crippen molar-refractivity contribution >= 4 is 5.91 Å². The van der Waals surface area contributed by atoms with E-state index in [9.17, 15) is 4.79 Å². The first-order valence-electron chi connectivity index (χ1n) is 5.02. The third-order valence-corrected chi connectivity index (χ3v) is 1.85. The Labute approximate surface area is 80.8 Å². The van der Waals surface area contributed by atoms with Crippen molar-refractivity contribution in [2.24, 2.45) is 0 Å². The number of rotatable bonds is 7. The molecular formula is C10H21NO2. The number of nitrogens with one attached hydrogen (secondary N) is 1. The summed E-state index contributed by atoms with van der Waals surface area (Å²) in [5, 5.41) is 2.96. The van der Waals surface area contributed by atoms with Crippen LogP contribution in [0.15, 0.2) is 0 Å². The van der Waals surface area contributed by atoms with E-state index in [0.29, 0.717) is 13.0 Å². The lowest BCUT2D eigenvalue weighted by Gasteiger charge is -2.16. The Morgan fingerprint density at radius 2 is 2.08 bits per heavy atom. The van der Waals surface area contributed by atoms with Gasteiger partial charge in [0, 0.05) is 13.5 Å². The maximum absolute atomic E-state index is 11.2. The average molecular weight is 187 g/mol. The molecule has 1 unspecified atom stereocenters. The first kappa shape index (κ1) is 12.4. The standard InChI is InChI=1S/C10H21NO2/c1-4-6-9(8-13-3)11-10(12)7-5-2/h9H,4-8H2,1-3H3,(H,11,12). The number of carbonyl (C=O) groups excluding carboxylic acids is 1. The zero-order valence-corrected chi connectivity index (χ0v) is 8.93. The van der Waals surface area contributed by atoms with E-state index in [1.807, 2.05) is 6.92 Å². The Morgan fingerprint density at radius 3 is 2.54 bits per heavy atom. The molecule has 0 spiro atoms. The molecule has 0 saturated heterocycles. The molecule has 0 heterocycles. The van der Waals surface area contributed by atoms with Crippen molar-refractivity contribution in [3.8, 4) is 0 Å². The summed E-state index contributed by atoms with van der Waals surface area (Å²) in [7, 11) is 1.66. The lowest BCUT2D eigenvalue weighted by Crippen LogP contribution is -2.37. The highest BCUT2D eigenvalue weighted by Gasteiger charge is 2.09. The van der Waals surface area contributed by atoms with Crippen molar-refractivity contribution in [1.29, 1.82) is 0 Å². The molecule has 3 heteroatoms. The van der Waals surface area contributed by atoms with Crippen LogP contribution in [0.3, 0.4) is 0 Å². The van der Waals surface area contributed by atoms with Gasteiger partial charge in [-0.05, 0) is 12.8 Å². The fraction of sp³-hybridized carbons (Fsp3) is 0.900. The van der Waals surface area contributed by atoms with E-state index in [-0.39, 0.29) is 11.9 Å². The number of methoxy groups -OCH3 is 1. The number of carbonyl (C=O) groups is 1. The molecule has 0 saturated carbocycles. The van der Waals surface area contributed by atoms with Gasteiger partial charge in [-0.25, -0.2) is 0 Å². The Morgan fingerprint density at radius 1 is 1.38 bits per heavy atom. The summed E-state index contributed by atoms with van der Waals surface area (Å²) >= 11 is 0. The minimum Gasteiger partial charge on any atom is -0.383 e. The van der Waals surface area contributed by atoms with Crippen molar-refractivity contribution < 1.29 is 9.53 Å².